The number of nitrogens with zero attached hydrogens (tertiary/aromatic N) is 1. The molecule has 4 heteroatoms. The maximum Gasteiger partial charge on any atom is 0.410 e. The van der Waals surface area contributed by atoms with E-state index in [-0.39, 0.29) is 6.09 Å². The highest BCUT2D eigenvalue weighted by molar-refractivity contribution is 5.69. The second-order valence-corrected chi connectivity index (χ2v) is 6.78. The van der Waals surface area contributed by atoms with Crippen LogP contribution in [0.5, 0.6) is 0 Å². The zero-order valence-corrected chi connectivity index (χ0v) is 13.5. The van der Waals surface area contributed by atoms with Crippen LogP contribution in [0.1, 0.15) is 31.9 Å². The van der Waals surface area contributed by atoms with Gasteiger partial charge in [0.15, 0.2) is 0 Å². The summed E-state index contributed by atoms with van der Waals surface area (Å²) in [5, 5.41) is 3.49. The zero-order valence-electron chi connectivity index (χ0n) is 13.5. The molecule has 1 aromatic rings. The molecule has 1 amide bonds. The van der Waals surface area contributed by atoms with E-state index < -0.39 is 5.60 Å². The standard InChI is InChI=1S/C17H26N2O2/c1-13-6-5-7-14(10-13)8-9-18-15-11-19(12-15)16(20)21-17(2,3)4/h5-7,10,15,18H,8-9,11-12H2,1-4H3. The number of aryl methyl sites for hydroxylation is 1. The van der Waals surface area contributed by atoms with E-state index in [4.69, 9.17) is 4.74 Å². The summed E-state index contributed by atoms with van der Waals surface area (Å²) in [6.45, 7) is 10.2. The molecule has 0 aliphatic carbocycles. The molecule has 116 valence electrons. The van der Waals surface area contributed by atoms with Gasteiger partial charge < -0.3 is 15.0 Å². The van der Waals surface area contributed by atoms with E-state index in [1.54, 1.807) is 4.90 Å². The van der Waals surface area contributed by atoms with Crippen LogP contribution in [0.4, 0.5) is 4.79 Å². The van der Waals surface area contributed by atoms with Crippen molar-refractivity contribution in [3.63, 3.8) is 0 Å². The maximum atomic E-state index is 11.8. The van der Waals surface area contributed by atoms with Gasteiger partial charge in [0.05, 0.1) is 0 Å². The van der Waals surface area contributed by atoms with Crippen molar-refractivity contribution < 1.29 is 9.53 Å². The van der Waals surface area contributed by atoms with Gasteiger partial charge in [-0.15, -0.1) is 0 Å². The molecule has 2 rings (SSSR count). The van der Waals surface area contributed by atoms with E-state index in [9.17, 15) is 4.79 Å². The molecule has 1 heterocycles. The fraction of sp³-hybridized carbons (Fsp3) is 0.588. The first-order chi connectivity index (χ1) is 9.83. The number of amides is 1. The zero-order chi connectivity index (χ0) is 15.5. The van der Waals surface area contributed by atoms with Crippen LogP contribution in [0.2, 0.25) is 0 Å². The Morgan fingerprint density at radius 3 is 2.71 bits per heavy atom. The molecular formula is C17H26N2O2. The van der Waals surface area contributed by atoms with Crippen molar-refractivity contribution >= 4 is 6.09 Å². The van der Waals surface area contributed by atoms with Crippen molar-refractivity contribution in [3.8, 4) is 0 Å². The Kier molecular flexibility index (Phi) is 4.88. The predicted molar refractivity (Wildman–Crippen MR) is 84.5 cm³/mol. The third kappa shape index (κ3) is 5.05. The van der Waals surface area contributed by atoms with Crippen molar-refractivity contribution in [1.82, 2.24) is 10.2 Å². The Morgan fingerprint density at radius 2 is 2.10 bits per heavy atom. The number of carbonyl (C=O) groups is 1. The summed E-state index contributed by atoms with van der Waals surface area (Å²) in [7, 11) is 0. The fourth-order valence-electron chi connectivity index (χ4n) is 2.37. The van der Waals surface area contributed by atoms with Crippen molar-refractivity contribution in [2.75, 3.05) is 19.6 Å². The normalized spacial score (nSPS) is 15.7. The number of nitrogens with one attached hydrogen (secondary N) is 1. The van der Waals surface area contributed by atoms with Gasteiger partial charge in [0.2, 0.25) is 0 Å². The van der Waals surface area contributed by atoms with Crippen LogP contribution in [0.3, 0.4) is 0 Å². The number of ether oxygens (including phenoxy) is 1. The molecule has 0 unspecified atom stereocenters. The van der Waals surface area contributed by atoms with Crippen LogP contribution in [-0.4, -0.2) is 42.3 Å². The summed E-state index contributed by atoms with van der Waals surface area (Å²) < 4.78 is 5.34. The molecule has 1 N–H and O–H groups in total. The average Bonchev–Trinajstić information content (AvgIpc) is 2.29. The summed E-state index contributed by atoms with van der Waals surface area (Å²) >= 11 is 0. The van der Waals surface area contributed by atoms with E-state index >= 15 is 0 Å². The molecule has 0 atom stereocenters. The molecule has 1 aromatic carbocycles. The van der Waals surface area contributed by atoms with Gasteiger partial charge in [-0.3, -0.25) is 0 Å². The summed E-state index contributed by atoms with van der Waals surface area (Å²) in [6.07, 6.45) is 0.809. The van der Waals surface area contributed by atoms with Crippen molar-refractivity contribution in [3.05, 3.63) is 35.4 Å². The van der Waals surface area contributed by atoms with Gasteiger partial charge in [-0.05, 0) is 46.2 Å². The first-order valence-corrected chi connectivity index (χ1v) is 7.60. The van der Waals surface area contributed by atoms with Crippen molar-refractivity contribution in [2.24, 2.45) is 0 Å². The average molecular weight is 290 g/mol. The van der Waals surface area contributed by atoms with Gasteiger partial charge in [-0.25, -0.2) is 4.79 Å². The van der Waals surface area contributed by atoms with Gasteiger partial charge in [0.1, 0.15) is 5.60 Å². The second-order valence-electron chi connectivity index (χ2n) is 6.78. The Morgan fingerprint density at radius 1 is 1.38 bits per heavy atom. The summed E-state index contributed by atoms with van der Waals surface area (Å²) in [5.74, 6) is 0. The van der Waals surface area contributed by atoms with E-state index in [0.717, 1.165) is 26.1 Å². The molecule has 21 heavy (non-hydrogen) atoms. The van der Waals surface area contributed by atoms with Crippen LogP contribution >= 0.6 is 0 Å². The number of hydrogen-bond acceptors (Lipinski definition) is 3. The lowest BCUT2D eigenvalue weighted by Crippen LogP contribution is -2.60. The SMILES string of the molecule is Cc1cccc(CCNC2CN(C(=O)OC(C)(C)C)C2)c1. The minimum Gasteiger partial charge on any atom is -0.444 e. The third-order valence-electron chi connectivity index (χ3n) is 3.46. The van der Waals surface area contributed by atoms with E-state index in [1.807, 2.05) is 20.8 Å². The smallest absolute Gasteiger partial charge is 0.410 e. The molecule has 0 saturated carbocycles. The molecule has 1 fully saturated rings. The monoisotopic (exact) mass is 290 g/mol. The Hall–Kier alpha value is -1.55. The largest absolute Gasteiger partial charge is 0.444 e. The summed E-state index contributed by atoms with van der Waals surface area (Å²) in [6, 6.07) is 8.97. The maximum absolute atomic E-state index is 11.8. The molecule has 0 bridgehead atoms. The molecular weight excluding hydrogens is 264 g/mol. The molecule has 1 saturated heterocycles. The molecule has 1 aliphatic rings. The van der Waals surface area contributed by atoms with Gasteiger partial charge >= 0.3 is 6.09 Å². The predicted octanol–water partition coefficient (Wildman–Crippen LogP) is 2.75. The van der Waals surface area contributed by atoms with Crippen LogP contribution < -0.4 is 5.32 Å². The number of benzene rings is 1. The molecule has 0 spiro atoms. The van der Waals surface area contributed by atoms with Crippen LogP contribution in [-0.2, 0) is 11.2 Å². The van der Waals surface area contributed by atoms with Gasteiger partial charge in [0.25, 0.3) is 0 Å². The Balaban J connectivity index is 1.64. The highest BCUT2D eigenvalue weighted by Crippen LogP contribution is 2.15. The van der Waals surface area contributed by atoms with Crippen LogP contribution in [0.25, 0.3) is 0 Å². The summed E-state index contributed by atoms with van der Waals surface area (Å²) in [4.78, 5) is 13.5. The minimum atomic E-state index is -0.416. The lowest BCUT2D eigenvalue weighted by atomic mass is 10.1. The Labute approximate surface area is 127 Å². The number of hydrogen-bond donors (Lipinski definition) is 1. The van der Waals surface area contributed by atoms with Crippen molar-refractivity contribution in [2.45, 2.75) is 45.8 Å². The second kappa shape index (κ2) is 6.48. The van der Waals surface area contributed by atoms with E-state index in [1.165, 1.54) is 11.1 Å². The third-order valence-corrected chi connectivity index (χ3v) is 3.46. The number of carbonyl (C=O) groups excluding carboxylic acids is 1. The van der Waals surface area contributed by atoms with E-state index in [2.05, 4.69) is 36.5 Å². The summed E-state index contributed by atoms with van der Waals surface area (Å²) in [5.41, 5.74) is 2.24. The van der Waals surface area contributed by atoms with Crippen molar-refractivity contribution in [1.29, 1.82) is 0 Å². The molecule has 4 nitrogen and oxygen atoms in total. The molecule has 0 radical (unpaired) electrons. The van der Waals surface area contributed by atoms with Crippen LogP contribution in [0, 0.1) is 6.92 Å². The fourth-order valence-corrected chi connectivity index (χ4v) is 2.37. The highest BCUT2D eigenvalue weighted by atomic mass is 16.6. The van der Waals surface area contributed by atoms with Gasteiger partial charge in [-0.2, -0.15) is 0 Å². The van der Waals surface area contributed by atoms with E-state index in [0.29, 0.717) is 6.04 Å². The van der Waals surface area contributed by atoms with Gasteiger partial charge in [0, 0.05) is 19.1 Å². The quantitative estimate of drug-likeness (QED) is 0.927. The number of likely N-dealkylation sites (tertiary alicyclic amines) is 1. The molecule has 1 aliphatic heterocycles. The lowest BCUT2D eigenvalue weighted by molar-refractivity contribution is 0.00542. The van der Waals surface area contributed by atoms with Crippen LogP contribution in [0.15, 0.2) is 24.3 Å². The highest BCUT2D eigenvalue weighted by Gasteiger charge is 2.33. The Bertz CT molecular complexity index is 488. The number of rotatable bonds is 4. The first kappa shape index (κ1) is 15.8. The molecule has 0 aromatic heterocycles. The lowest BCUT2D eigenvalue weighted by Gasteiger charge is -2.40. The van der Waals surface area contributed by atoms with Gasteiger partial charge in [-0.1, -0.05) is 29.8 Å². The topological polar surface area (TPSA) is 41.6 Å². The minimum absolute atomic E-state index is 0.209. The first-order valence-electron chi connectivity index (χ1n) is 7.60.